The fraction of sp³-hybridized carbons (Fsp3) is 0.188. The second-order valence-corrected chi connectivity index (χ2v) is 6.96. The van der Waals surface area contributed by atoms with E-state index >= 15 is 0 Å². The summed E-state index contributed by atoms with van der Waals surface area (Å²) in [5, 5.41) is 0. The average Bonchev–Trinajstić information content (AvgIpc) is 2.46. The molecule has 1 atom stereocenters. The summed E-state index contributed by atoms with van der Waals surface area (Å²) in [6.07, 6.45) is -5.63. The van der Waals surface area contributed by atoms with Gasteiger partial charge in [-0.1, -0.05) is 42.1 Å². The molecular formula is C16H12F3IO2S. The molecule has 7 heteroatoms. The van der Waals surface area contributed by atoms with E-state index in [9.17, 15) is 18.0 Å². The van der Waals surface area contributed by atoms with Crippen molar-refractivity contribution in [3.63, 3.8) is 0 Å². The van der Waals surface area contributed by atoms with Crippen LogP contribution in [0.3, 0.4) is 0 Å². The van der Waals surface area contributed by atoms with E-state index in [4.69, 9.17) is 4.74 Å². The normalized spacial score (nSPS) is 12.7. The summed E-state index contributed by atoms with van der Waals surface area (Å²) in [6, 6.07) is 15.2. The van der Waals surface area contributed by atoms with Gasteiger partial charge in [-0.25, -0.2) is 4.79 Å². The van der Waals surface area contributed by atoms with E-state index < -0.39 is 24.0 Å². The summed E-state index contributed by atoms with van der Waals surface area (Å²) in [4.78, 5) is 12.8. The van der Waals surface area contributed by atoms with Crippen molar-refractivity contribution in [3.05, 3.63) is 63.7 Å². The lowest BCUT2D eigenvalue weighted by atomic mass is 10.2. The van der Waals surface area contributed by atoms with Gasteiger partial charge < -0.3 is 4.74 Å². The Balaban J connectivity index is 2.14. The minimum absolute atomic E-state index is 0.258. The van der Waals surface area contributed by atoms with Crippen molar-refractivity contribution in [1.29, 1.82) is 0 Å². The molecule has 0 spiro atoms. The summed E-state index contributed by atoms with van der Waals surface area (Å²) in [7, 11) is 0. The predicted molar refractivity (Wildman–Crippen MR) is 91.3 cm³/mol. The van der Waals surface area contributed by atoms with Crippen LogP contribution in [0.15, 0.2) is 59.5 Å². The highest BCUT2D eigenvalue weighted by Crippen LogP contribution is 2.33. The lowest BCUT2D eigenvalue weighted by molar-refractivity contribution is -0.145. The standard InChI is InChI=1S/C16H12F3IO2S/c17-16(18,19)10-14(23-11-6-2-1-3-7-11)22-15(21)12-8-4-5-9-13(12)20/h1-9,14H,10H2. The van der Waals surface area contributed by atoms with Crippen LogP contribution in [0.25, 0.3) is 0 Å². The molecule has 0 bridgehead atoms. The molecule has 2 aromatic carbocycles. The molecule has 23 heavy (non-hydrogen) atoms. The number of alkyl halides is 3. The molecule has 0 radical (unpaired) electrons. The number of esters is 1. The minimum atomic E-state index is -4.42. The van der Waals surface area contributed by atoms with Crippen molar-refractivity contribution < 1.29 is 22.7 Å². The van der Waals surface area contributed by atoms with Crippen molar-refractivity contribution in [2.45, 2.75) is 22.9 Å². The summed E-state index contributed by atoms with van der Waals surface area (Å²) >= 11 is 2.82. The fourth-order valence-electron chi connectivity index (χ4n) is 1.76. The van der Waals surface area contributed by atoms with E-state index in [1.54, 1.807) is 48.5 Å². The van der Waals surface area contributed by atoms with Gasteiger partial charge in [-0.15, -0.1) is 0 Å². The maximum atomic E-state index is 12.7. The van der Waals surface area contributed by atoms with E-state index in [0.717, 1.165) is 11.8 Å². The number of benzene rings is 2. The maximum Gasteiger partial charge on any atom is 0.393 e. The van der Waals surface area contributed by atoms with E-state index in [1.807, 2.05) is 22.6 Å². The first-order chi connectivity index (χ1) is 10.8. The second kappa shape index (κ2) is 8.05. The molecule has 0 aromatic heterocycles. The van der Waals surface area contributed by atoms with Gasteiger partial charge in [-0.05, 0) is 46.9 Å². The molecule has 1 unspecified atom stereocenters. The molecule has 0 fully saturated rings. The predicted octanol–water partition coefficient (Wildman–Crippen LogP) is 5.52. The van der Waals surface area contributed by atoms with Gasteiger partial charge in [0.05, 0.1) is 12.0 Å². The molecule has 2 rings (SSSR count). The van der Waals surface area contributed by atoms with Gasteiger partial charge in [0, 0.05) is 8.47 Å². The van der Waals surface area contributed by atoms with Crippen molar-refractivity contribution in [1.82, 2.24) is 0 Å². The van der Waals surface area contributed by atoms with Crippen LogP contribution < -0.4 is 0 Å². The van der Waals surface area contributed by atoms with Crippen LogP contribution in [-0.2, 0) is 4.74 Å². The molecule has 0 aliphatic carbocycles. The van der Waals surface area contributed by atoms with Crippen LogP contribution in [0.5, 0.6) is 0 Å². The van der Waals surface area contributed by atoms with Crippen molar-refractivity contribution in [2.24, 2.45) is 0 Å². The van der Waals surface area contributed by atoms with E-state index in [0.29, 0.717) is 8.47 Å². The Labute approximate surface area is 149 Å². The Morgan fingerprint density at radius 2 is 1.70 bits per heavy atom. The number of ether oxygens (including phenoxy) is 1. The smallest absolute Gasteiger partial charge is 0.393 e. The first kappa shape index (κ1) is 18.1. The molecule has 122 valence electrons. The zero-order valence-corrected chi connectivity index (χ0v) is 14.7. The quantitative estimate of drug-likeness (QED) is 0.259. The van der Waals surface area contributed by atoms with E-state index in [2.05, 4.69) is 0 Å². The van der Waals surface area contributed by atoms with Gasteiger partial charge >= 0.3 is 12.1 Å². The first-order valence-electron chi connectivity index (χ1n) is 6.59. The van der Waals surface area contributed by atoms with Crippen molar-refractivity contribution in [2.75, 3.05) is 0 Å². The van der Waals surface area contributed by atoms with Crippen molar-refractivity contribution >= 4 is 40.3 Å². The van der Waals surface area contributed by atoms with Crippen LogP contribution in [0.4, 0.5) is 13.2 Å². The Morgan fingerprint density at radius 1 is 1.09 bits per heavy atom. The number of hydrogen-bond acceptors (Lipinski definition) is 3. The van der Waals surface area contributed by atoms with Gasteiger partial charge in [0.15, 0.2) is 5.44 Å². The molecule has 0 aliphatic rings. The molecule has 0 heterocycles. The molecular weight excluding hydrogens is 440 g/mol. The number of carbonyl (C=O) groups is 1. The fourth-order valence-corrected chi connectivity index (χ4v) is 3.39. The molecule has 2 aromatic rings. The Morgan fingerprint density at radius 3 is 2.30 bits per heavy atom. The number of carbonyl (C=O) groups excluding carboxylic acids is 1. The zero-order chi connectivity index (χ0) is 16.9. The van der Waals surface area contributed by atoms with Crippen LogP contribution in [0.1, 0.15) is 16.8 Å². The monoisotopic (exact) mass is 452 g/mol. The highest BCUT2D eigenvalue weighted by molar-refractivity contribution is 14.1. The minimum Gasteiger partial charge on any atom is -0.447 e. The Kier molecular flexibility index (Phi) is 6.34. The summed E-state index contributed by atoms with van der Waals surface area (Å²) in [5.41, 5.74) is -1.07. The van der Waals surface area contributed by atoms with Gasteiger partial charge in [-0.2, -0.15) is 13.2 Å². The van der Waals surface area contributed by atoms with Gasteiger partial charge in [0.2, 0.25) is 0 Å². The number of rotatable bonds is 5. The molecule has 0 saturated carbocycles. The van der Waals surface area contributed by atoms with E-state index in [1.165, 1.54) is 6.07 Å². The van der Waals surface area contributed by atoms with Crippen LogP contribution >= 0.6 is 34.4 Å². The Hall–Kier alpha value is -1.22. The summed E-state index contributed by atoms with van der Waals surface area (Å²) < 4.78 is 43.9. The first-order valence-corrected chi connectivity index (χ1v) is 8.55. The summed E-state index contributed by atoms with van der Waals surface area (Å²) in [6.45, 7) is 0. The van der Waals surface area contributed by atoms with Crippen molar-refractivity contribution in [3.8, 4) is 0 Å². The van der Waals surface area contributed by atoms with Crippen LogP contribution in [0.2, 0.25) is 0 Å². The zero-order valence-electron chi connectivity index (χ0n) is 11.7. The molecule has 0 amide bonds. The average molecular weight is 452 g/mol. The number of halogens is 4. The SMILES string of the molecule is O=C(OC(CC(F)(F)F)Sc1ccccc1)c1ccccc1I. The Bertz CT molecular complexity index is 662. The maximum absolute atomic E-state index is 12.7. The third kappa shape index (κ3) is 6.06. The number of hydrogen-bond donors (Lipinski definition) is 0. The number of thioether (sulfide) groups is 1. The summed E-state index contributed by atoms with van der Waals surface area (Å²) in [5.74, 6) is -0.757. The molecule has 0 N–H and O–H groups in total. The third-order valence-electron chi connectivity index (χ3n) is 2.74. The molecule has 0 saturated heterocycles. The van der Waals surface area contributed by atoms with E-state index in [-0.39, 0.29) is 5.56 Å². The van der Waals surface area contributed by atoms with Crippen LogP contribution in [0, 0.1) is 3.57 Å². The van der Waals surface area contributed by atoms with Gasteiger partial charge in [-0.3, -0.25) is 0 Å². The highest BCUT2D eigenvalue weighted by Gasteiger charge is 2.35. The molecule has 2 nitrogen and oxygen atoms in total. The lowest BCUT2D eigenvalue weighted by Gasteiger charge is -2.19. The molecule has 0 aliphatic heterocycles. The third-order valence-corrected chi connectivity index (χ3v) is 4.75. The van der Waals surface area contributed by atoms with Gasteiger partial charge in [0.1, 0.15) is 0 Å². The largest absolute Gasteiger partial charge is 0.447 e. The second-order valence-electron chi connectivity index (χ2n) is 4.56. The topological polar surface area (TPSA) is 26.3 Å². The van der Waals surface area contributed by atoms with Gasteiger partial charge in [0.25, 0.3) is 0 Å². The lowest BCUT2D eigenvalue weighted by Crippen LogP contribution is -2.23. The highest BCUT2D eigenvalue weighted by atomic mass is 127. The van der Waals surface area contributed by atoms with Crippen LogP contribution in [-0.4, -0.2) is 17.6 Å².